The summed E-state index contributed by atoms with van der Waals surface area (Å²) in [6.45, 7) is 6.39. The number of hydrogen-bond acceptors (Lipinski definition) is 2. The van der Waals surface area contributed by atoms with Crippen LogP contribution < -0.4 is 5.32 Å². The molecular formula is C13H21NS. The molecule has 0 aliphatic heterocycles. The molecule has 0 aliphatic rings. The number of thioether (sulfide) groups is 1. The van der Waals surface area contributed by atoms with E-state index >= 15 is 0 Å². The van der Waals surface area contributed by atoms with E-state index in [0.29, 0.717) is 0 Å². The minimum Gasteiger partial charge on any atom is -0.313 e. The molecule has 0 atom stereocenters. The van der Waals surface area contributed by atoms with Gasteiger partial charge in [-0.25, -0.2) is 0 Å². The van der Waals surface area contributed by atoms with Crippen LogP contribution in [-0.4, -0.2) is 12.3 Å². The summed E-state index contributed by atoms with van der Waals surface area (Å²) in [6.07, 6.45) is 2.59. The first kappa shape index (κ1) is 12.6. The molecule has 1 N–H and O–H groups in total. The molecule has 0 bridgehead atoms. The predicted octanol–water partition coefficient (Wildman–Crippen LogP) is 3.69. The van der Waals surface area contributed by atoms with Crippen molar-refractivity contribution in [2.24, 2.45) is 0 Å². The van der Waals surface area contributed by atoms with E-state index in [9.17, 15) is 0 Å². The zero-order valence-corrected chi connectivity index (χ0v) is 10.6. The van der Waals surface area contributed by atoms with Crippen LogP contribution in [0.4, 0.5) is 0 Å². The lowest BCUT2D eigenvalue weighted by molar-refractivity contribution is 0.726. The number of hydrogen-bond donors (Lipinski definition) is 1. The van der Waals surface area contributed by atoms with E-state index in [4.69, 9.17) is 0 Å². The second-order valence-electron chi connectivity index (χ2n) is 3.63. The van der Waals surface area contributed by atoms with Crippen molar-refractivity contribution in [2.45, 2.75) is 38.1 Å². The molecule has 1 rings (SSSR count). The third-order valence-electron chi connectivity index (χ3n) is 2.27. The molecule has 0 aliphatic carbocycles. The molecule has 0 aromatic heterocycles. The molecule has 1 nitrogen and oxygen atoms in total. The van der Waals surface area contributed by atoms with Gasteiger partial charge in [0.15, 0.2) is 0 Å². The lowest BCUT2D eigenvalue weighted by atomic mass is 10.2. The van der Waals surface area contributed by atoms with Gasteiger partial charge in [0.25, 0.3) is 0 Å². The maximum atomic E-state index is 3.33. The first-order valence-electron chi connectivity index (χ1n) is 5.79. The molecule has 0 saturated heterocycles. The molecule has 0 fully saturated rings. The monoisotopic (exact) mass is 223 g/mol. The van der Waals surface area contributed by atoms with Gasteiger partial charge in [-0.3, -0.25) is 0 Å². The summed E-state index contributed by atoms with van der Waals surface area (Å²) in [5.41, 5.74) is 1.37. The van der Waals surface area contributed by atoms with E-state index in [2.05, 4.69) is 43.4 Å². The number of benzene rings is 1. The average Bonchev–Trinajstić information content (AvgIpc) is 2.28. The van der Waals surface area contributed by atoms with Crippen molar-refractivity contribution < 1.29 is 0 Å². The van der Waals surface area contributed by atoms with E-state index in [1.54, 1.807) is 0 Å². The summed E-state index contributed by atoms with van der Waals surface area (Å²) in [4.78, 5) is 1.39. The molecule has 0 unspecified atom stereocenters. The Bertz CT molecular complexity index is 256. The maximum Gasteiger partial charge on any atom is 0.0205 e. The largest absolute Gasteiger partial charge is 0.313 e. The van der Waals surface area contributed by atoms with Crippen LogP contribution in [0.15, 0.2) is 29.2 Å². The van der Waals surface area contributed by atoms with Gasteiger partial charge in [0.1, 0.15) is 0 Å². The van der Waals surface area contributed by atoms with Crippen LogP contribution in [0.5, 0.6) is 0 Å². The van der Waals surface area contributed by atoms with E-state index in [0.717, 1.165) is 13.1 Å². The van der Waals surface area contributed by atoms with E-state index < -0.39 is 0 Å². The third-order valence-corrected chi connectivity index (χ3v) is 3.37. The maximum absolute atomic E-state index is 3.33. The fourth-order valence-corrected chi connectivity index (χ4v) is 2.30. The summed E-state index contributed by atoms with van der Waals surface area (Å²) >= 11 is 1.96. The fraction of sp³-hybridized carbons (Fsp3) is 0.538. The molecule has 0 spiro atoms. The lowest BCUT2D eigenvalue weighted by Gasteiger charge is -2.04. The molecule has 1 aromatic carbocycles. The van der Waals surface area contributed by atoms with Crippen LogP contribution in [0, 0.1) is 0 Å². The smallest absolute Gasteiger partial charge is 0.0205 e. The second-order valence-corrected chi connectivity index (χ2v) is 4.79. The Morgan fingerprint density at radius 1 is 1.13 bits per heavy atom. The summed E-state index contributed by atoms with van der Waals surface area (Å²) in [5.74, 6) is 1.24. The van der Waals surface area contributed by atoms with Crippen LogP contribution in [0.25, 0.3) is 0 Å². The summed E-state index contributed by atoms with van der Waals surface area (Å²) in [7, 11) is 0. The van der Waals surface area contributed by atoms with Crippen molar-refractivity contribution in [2.75, 3.05) is 12.3 Å². The molecule has 2 heteroatoms. The Kier molecular flexibility index (Phi) is 6.53. The zero-order valence-electron chi connectivity index (χ0n) is 9.75. The molecule has 0 amide bonds. The highest BCUT2D eigenvalue weighted by molar-refractivity contribution is 7.99. The molecule has 0 radical (unpaired) electrons. The van der Waals surface area contributed by atoms with Gasteiger partial charge in [-0.05, 0) is 36.4 Å². The van der Waals surface area contributed by atoms with Gasteiger partial charge in [-0.15, -0.1) is 11.8 Å². The van der Waals surface area contributed by atoms with Crippen molar-refractivity contribution in [3.05, 3.63) is 29.8 Å². The highest BCUT2D eigenvalue weighted by Crippen LogP contribution is 2.19. The van der Waals surface area contributed by atoms with Crippen molar-refractivity contribution >= 4 is 11.8 Å². The number of rotatable bonds is 7. The van der Waals surface area contributed by atoms with Gasteiger partial charge in [0.2, 0.25) is 0 Å². The first-order valence-corrected chi connectivity index (χ1v) is 6.77. The van der Waals surface area contributed by atoms with Crippen LogP contribution in [0.2, 0.25) is 0 Å². The molecule has 0 saturated carbocycles. The van der Waals surface area contributed by atoms with Gasteiger partial charge in [-0.1, -0.05) is 32.4 Å². The Labute approximate surface area is 97.7 Å². The minimum absolute atomic E-state index is 0.983. The van der Waals surface area contributed by atoms with Crippen molar-refractivity contribution in [3.63, 3.8) is 0 Å². The third kappa shape index (κ3) is 5.24. The minimum atomic E-state index is 0.983. The van der Waals surface area contributed by atoms with Gasteiger partial charge in [-0.2, -0.15) is 0 Å². The van der Waals surface area contributed by atoms with E-state index in [1.165, 1.54) is 29.1 Å². The van der Waals surface area contributed by atoms with Crippen LogP contribution in [0.1, 0.15) is 32.3 Å². The summed E-state index contributed by atoms with van der Waals surface area (Å²) < 4.78 is 0. The molecule has 0 heterocycles. The van der Waals surface area contributed by atoms with Gasteiger partial charge < -0.3 is 5.32 Å². The quantitative estimate of drug-likeness (QED) is 0.559. The van der Waals surface area contributed by atoms with E-state index in [1.807, 2.05) is 11.8 Å². The molecular weight excluding hydrogens is 202 g/mol. The highest BCUT2D eigenvalue weighted by atomic mass is 32.2. The van der Waals surface area contributed by atoms with Crippen LogP contribution >= 0.6 is 11.8 Å². The Morgan fingerprint density at radius 2 is 1.87 bits per heavy atom. The summed E-state index contributed by atoms with van der Waals surface area (Å²) in [6, 6.07) is 8.90. The Morgan fingerprint density at radius 3 is 2.47 bits per heavy atom. The average molecular weight is 223 g/mol. The van der Waals surface area contributed by atoms with E-state index in [-0.39, 0.29) is 0 Å². The van der Waals surface area contributed by atoms with Crippen molar-refractivity contribution in [3.8, 4) is 0 Å². The Balaban J connectivity index is 2.35. The van der Waals surface area contributed by atoms with Crippen LogP contribution in [-0.2, 0) is 6.54 Å². The van der Waals surface area contributed by atoms with Crippen LogP contribution in [0.3, 0.4) is 0 Å². The molecule has 15 heavy (non-hydrogen) atoms. The van der Waals surface area contributed by atoms with Crippen molar-refractivity contribution in [1.29, 1.82) is 0 Å². The predicted molar refractivity (Wildman–Crippen MR) is 69.5 cm³/mol. The highest BCUT2D eigenvalue weighted by Gasteiger charge is 1.94. The topological polar surface area (TPSA) is 12.0 Å². The van der Waals surface area contributed by atoms with Gasteiger partial charge in [0, 0.05) is 11.4 Å². The lowest BCUT2D eigenvalue weighted by Crippen LogP contribution is -2.11. The van der Waals surface area contributed by atoms with Gasteiger partial charge >= 0.3 is 0 Å². The second kappa shape index (κ2) is 7.77. The SMILES string of the molecule is CCCCSc1ccc(CNCC)cc1. The van der Waals surface area contributed by atoms with Crippen molar-refractivity contribution in [1.82, 2.24) is 5.32 Å². The fourth-order valence-electron chi connectivity index (χ4n) is 1.31. The number of unbranched alkanes of at least 4 members (excludes halogenated alkanes) is 1. The van der Waals surface area contributed by atoms with Gasteiger partial charge in [0.05, 0.1) is 0 Å². The molecule has 1 aromatic rings. The Hall–Kier alpha value is -0.470. The number of nitrogens with one attached hydrogen (secondary N) is 1. The molecule has 84 valence electrons. The normalized spacial score (nSPS) is 10.5. The standard InChI is InChI=1S/C13H21NS/c1-3-5-10-15-13-8-6-12(7-9-13)11-14-4-2/h6-9,14H,3-5,10-11H2,1-2H3. The zero-order chi connectivity index (χ0) is 10.9. The first-order chi connectivity index (χ1) is 7.36. The summed E-state index contributed by atoms with van der Waals surface area (Å²) in [5, 5.41) is 3.33.